The number of nitrogens with two attached hydrogens (primary N) is 1. The molecular weight excluding hydrogens is 230 g/mol. The summed E-state index contributed by atoms with van der Waals surface area (Å²) in [5, 5.41) is 9.45. The van der Waals surface area contributed by atoms with E-state index in [9.17, 15) is 5.11 Å². The lowest BCUT2D eigenvalue weighted by Crippen LogP contribution is -2.12. The standard InChI is InChI=1S/C14H23NO3/c1-9(2)8-17-12-5-11(14(15)16)6-13(7-12)18-10(3)4/h5-7,9-10,14,16H,8,15H2,1-4H3. The van der Waals surface area contributed by atoms with Gasteiger partial charge in [-0.15, -0.1) is 0 Å². The molecule has 4 heteroatoms. The van der Waals surface area contributed by atoms with Gasteiger partial charge >= 0.3 is 0 Å². The van der Waals surface area contributed by atoms with Crippen LogP contribution in [0.4, 0.5) is 0 Å². The Balaban J connectivity index is 2.91. The second-order valence-electron chi connectivity index (χ2n) is 5.05. The fourth-order valence-electron chi connectivity index (χ4n) is 1.45. The molecule has 1 aromatic rings. The van der Waals surface area contributed by atoms with Crippen LogP contribution < -0.4 is 15.2 Å². The van der Waals surface area contributed by atoms with E-state index in [4.69, 9.17) is 15.2 Å². The quantitative estimate of drug-likeness (QED) is 0.764. The lowest BCUT2D eigenvalue weighted by atomic mass is 10.1. The highest BCUT2D eigenvalue weighted by Crippen LogP contribution is 2.26. The molecular formula is C14H23NO3. The Labute approximate surface area is 109 Å². The largest absolute Gasteiger partial charge is 0.493 e. The zero-order chi connectivity index (χ0) is 13.7. The molecule has 4 nitrogen and oxygen atoms in total. The lowest BCUT2D eigenvalue weighted by Gasteiger charge is -2.16. The van der Waals surface area contributed by atoms with E-state index in [1.165, 1.54) is 0 Å². The van der Waals surface area contributed by atoms with Gasteiger partial charge in [-0.25, -0.2) is 0 Å². The van der Waals surface area contributed by atoms with Crippen LogP contribution in [0.1, 0.15) is 39.5 Å². The van der Waals surface area contributed by atoms with Gasteiger partial charge < -0.3 is 20.3 Å². The topological polar surface area (TPSA) is 64.7 Å². The van der Waals surface area contributed by atoms with Gasteiger partial charge in [-0.3, -0.25) is 0 Å². The second kappa shape index (κ2) is 6.61. The Kier molecular flexibility index (Phi) is 5.44. The van der Waals surface area contributed by atoms with Crippen molar-refractivity contribution in [3.8, 4) is 11.5 Å². The van der Waals surface area contributed by atoms with Gasteiger partial charge in [0.25, 0.3) is 0 Å². The number of hydrogen-bond acceptors (Lipinski definition) is 4. The molecule has 0 radical (unpaired) electrons. The van der Waals surface area contributed by atoms with Gasteiger partial charge in [0, 0.05) is 11.6 Å². The molecule has 0 saturated carbocycles. The van der Waals surface area contributed by atoms with Crippen molar-refractivity contribution < 1.29 is 14.6 Å². The van der Waals surface area contributed by atoms with Crippen LogP contribution in [0.2, 0.25) is 0 Å². The Morgan fingerprint density at radius 2 is 1.72 bits per heavy atom. The zero-order valence-electron chi connectivity index (χ0n) is 11.5. The Morgan fingerprint density at radius 1 is 1.11 bits per heavy atom. The molecule has 0 bridgehead atoms. The number of rotatable bonds is 6. The molecule has 1 rings (SSSR count). The van der Waals surface area contributed by atoms with Crippen molar-refractivity contribution in [3.63, 3.8) is 0 Å². The first kappa shape index (κ1) is 14.8. The monoisotopic (exact) mass is 253 g/mol. The molecule has 0 fully saturated rings. The van der Waals surface area contributed by atoms with Crippen LogP contribution in [0, 0.1) is 5.92 Å². The van der Waals surface area contributed by atoms with E-state index in [0.717, 1.165) is 0 Å². The average molecular weight is 253 g/mol. The molecule has 0 aromatic heterocycles. The maximum absolute atomic E-state index is 9.45. The molecule has 0 saturated heterocycles. The fourth-order valence-corrected chi connectivity index (χ4v) is 1.45. The SMILES string of the molecule is CC(C)COc1cc(OC(C)C)cc(C(N)O)c1. The number of aliphatic hydroxyl groups excluding tert-OH is 1. The minimum atomic E-state index is -1.03. The van der Waals surface area contributed by atoms with E-state index in [1.807, 2.05) is 19.9 Å². The minimum Gasteiger partial charge on any atom is -0.493 e. The van der Waals surface area contributed by atoms with Gasteiger partial charge in [0.05, 0.1) is 12.7 Å². The molecule has 0 aliphatic carbocycles. The summed E-state index contributed by atoms with van der Waals surface area (Å²) in [5.41, 5.74) is 6.07. The van der Waals surface area contributed by atoms with Crippen LogP contribution in [0.15, 0.2) is 18.2 Å². The van der Waals surface area contributed by atoms with Crippen LogP contribution in [0.3, 0.4) is 0 Å². The van der Waals surface area contributed by atoms with Crippen LogP contribution in [-0.4, -0.2) is 17.8 Å². The van der Waals surface area contributed by atoms with Crippen LogP contribution in [-0.2, 0) is 0 Å². The normalized spacial score (nSPS) is 12.9. The number of aliphatic hydroxyl groups is 1. The second-order valence-corrected chi connectivity index (χ2v) is 5.05. The molecule has 0 spiro atoms. The summed E-state index contributed by atoms with van der Waals surface area (Å²) in [6, 6.07) is 5.28. The molecule has 0 aliphatic heterocycles. The third-order valence-corrected chi connectivity index (χ3v) is 2.20. The molecule has 102 valence electrons. The fraction of sp³-hybridized carbons (Fsp3) is 0.571. The number of ether oxygens (including phenoxy) is 2. The van der Waals surface area contributed by atoms with Gasteiger partial charge in [0.2, 0.25) is 0 Å². The van der Waals surface area contributed by atoms with Gasteiger partial charge in [-0.05, 0) is 31.9 Å². The molecule has 0 amide bonds. The van der Waals surface area contributed by atoms with Crippen LogP contribution >= 0.6 is 0 Å². The zero-order valence-corrected chi connectivity index (χ0v) is 11.5. The minimum absolute atomic E-state index is 0.0631. The molecule has 0 heterocycles. The predicted octanol–water partition coefficient (Wildman–Crippen LogP) is 2.46. The molecule has 3 N–H and O–H groups in total. The summed E-state index contributed by atoms with van der Waals surface area (Å²) in [6.07, 6.45) is -0.963. The van der Waals surface area contributed by atoms with Gasteiger partial charge in [-0.1, -0.05) is 13.8 Å². The highest BCUT2D eigenvalue weighted by atomic mass is 16.5. The molecule has 0 aliphatic rings. The van der Waals surface area contributed by atoms with Crippen molar-refractivity contribution in [1.82, 2.24) is 0 Å². The maximum atomic E-state index is 9.45. The Morgan fingerprint density at radius 3 is 2.22 bits per heavy atom. The molecule has 18 heavy (non-hydrogen) atoms. The van der Waals surface area contributed by atoms with E-state index in [1.54, 1.807) is 12.1 Å². The summed E-state index contributed by atoms with van der Waals surface area (Å²) in [4.78, 5) is 0. The number of hydrogen-bond donors (Lipinski definition) is 2. The number of benzene rings is 1. The van der Waals surface area contributed by atoms with Crippen LogP contribution in [0.5, 0.6) is 11.5 Å². The third kappa shape index (κ3) is 4.94. The molecule has 1 atom stereocenters. The lowest BCUT2D eigenvalue weighted by molar-refractivity contribution is 0.183. The summed E-state index contributed by atoms with van der Waals surface area (Å²) in [7, 11) is 0. The van der Waals surface area contributed by atoms with E-state index in [-0.39, 0.29) is 6.10 Å². The van der Waals surface area contributed by atoms with E-state index >= 15 is 0 Å². The Bertz CT molecular complexity index is 375. The van der Waals surface area contributed by atoms with Crippen molar-refractivity contribution in [2.24, 2.45) is 11.7 Å². The highest BCUT2D eigenvalue weighted by molar-refractivity contribution is 5.39. The van der Waals surface area contributed by atoms with Gasteiger partial charge in [0.15, 0.2) is 0 Å². The summed E-state index contributed by atoms with van der Waals surface area (Å²) in [5.74, 6) is 1.76. The van der Waals surface area contributed by atoms with Crippen molar-refractivity contribution in [3.05, 3.63) is 23.8 Å². The summed E-state index contributed by atoms with van der Waals surface area (Å²) < 4.78 is 11.2. The third-order valence-electron chi connectivity index (χ3n) is 2.20. The van der Waals surface area contributed by atoms with E-state index < -0.39 is 6.23 Å². The summed E-state index contributed by atoms with van der Waals surface area (Å²) in [6.45, 7) is 8.66. The van der Waals surface area contributed by atoms with Gasteiger partial charge in [-0.2, -0.15) is 0 Å². The van der Waals surface area contributed by atoms with E-state index in [0.29, 0.717) is 29.6 Å². The summed E-state index contributed by atoms with van der Waals surface area (Å²) >= 11 is 0. The van der Waals surface area contributed by atoms with Crippen molar-refractivity contribution in [2.45, 2.75) is 40.0 Å². The first-order chi connectivity index (χ1) is 8.38. The average Bonchev–Trinajstić information content (AvgIpc) is 2.25. The maximum Gasteiger partial charge on any atom is 0.128 e. The molecule has 1 aromatic carbocycles. The van der Waals surface area contributed by atoms with E-state index in [2.05, 4.69) is 13.8 Å². The van der Waals surface area contributed by atoms with Crippen LogP contribution in [0.25, 0.3) is 0 Å². The predicted molar refractivity (Wildman–Crippen MR) is 71.7 cm³/mol. The first-order valence-corrected chi connectivity index (χ1v) is 6.26. The first-order valence-electron chi connectivity index (χ1n) is 6.26. The Hall–Kier alpha value is -1.26. The highest BCUT2D eigenvalue weighted by Gasteiger charge is 2.09. The molecule has 1 unspecified atom stereocenters. The van der Waals surface area contributed by atoms with Gasteiger partial charge in [0.1, 0.15) is 17.7 Å². The van der Waals surface area contributed by atoms with Crippen molar-refractivity contribution >= 4 is 0 Å². The van der Waals surface area contributed by atoms with Crippen molar-refractivity contribution in [2.75, 3.05) is 6.61 Å². The smallest absolute Gasteiger partial charge is 0.128 e. The van der Waals surface area contributed by atoms with Crippen molar-refractivity contribution in [1.29, 1.82) is 0 Å².